The van der Waals surface area contributed by atoms with E-state index in [0.717, 1.165) is 12.8 Å². The maximum absolute atomic E-state index is 13.8. The van der Waals surface area contributed by atoms with Crippen LogP contribution in [0, 0.1) is 5.92 Å². The average molecular weight is 643 g/mol. The number of amides is 5. The van der Waals surface area contributed by atoms with Gasteiger partial charge in [0.15, 0.2) is 0 Å². The second-order valence-corrected chi connectivity index (χ2v) is 12.3. The molecule has 252 valence electrons. The summed E-state index contributed by atoms with van der Waals surface area (Å²) in [6.45, 7) is 5.41. The van der Waals surface area contributed by atoms with Crippen LogP contribution in [0.15, 0.2) is 30.3 Å². The van der Waals surface area contributed by atoms with Crippen LogP contribution < -0.4 is 27.0 Å². The van der Waals surface area contributed by atoms with Gasteiger partial charge in [-0.05, 0) is 63.5 Å². The van der Waals surface area contributed by atoms with Crippen molar-refractivity contribution in [1.29, 1.82) is 0 Å². The first-order valence-corrected chi connectivity index (χ1v) is 15.8. The van der Waals surface area contributed by atoms with E-state index in [2.05, 4.69) is 21.3 Å². The molecule has 14 nitrogen and oxygen atoms in total. The van der Waals surface area contributed by atoms with Crippen molar-refractivity contribution in [2.75, 3.05) is 13.7 Å². The van der Waals surface area contributed by atoms with Gasteiger partial charge in [-0.2, -0.15) is 0 Å². The second kappa shape index (κ2) is 16.8. The molecule has 0 aromatic heterocycles. The quantitative estimate of drug-likeness (QED) is 0.121. The largest absolute Gasteiger partial charge is 0.467 e. The van der Waals surface area contributed by atoms with Gasteiger partial charge in [0, 0.05) is 30.6 Å². The summed E-state index contributed by atoms with van der Waals surface area (Å²) >= 11 is 0. The Morgan fingerprint density at radius 1 is 0.935 bits per heavy atom. The van der Waals surface area contributed by atoms with Crippen LogP contribution in [0.5, 0.6) is 0 Å². The van der Waals surface area contributed by atoms with Crippen molar-refractivity contribution in [2.45, 2.75) is 102 Å². The number of nitrogens with one attached hydrogen (secondary N) is 4. The highest BCUT2D eigenvalue weighted by atomic mass is 16.5. The van der Waals surface area contributed by atoms with Crippen molar-refractivity contribution >= 4 is 41.3 Å². The van der Waals surface area contributed by atoms with Gasteiger partial charge in [0.2, 0.25) is 23.5 Å². The predicted octanol–water partition coefficient (Wildman–Crippen LogP) is -0.0602. The van der Waals surface area contributed by atoms with E-state index >= 15 is 0 Å². The van der Waals surface area contributed by atoms with Crippen LogP contribution in [-0.2, 0) is 33.5 Å². The zero-order chi connectivity index (χ0) is 34.0. The lowest BCUT2D eigenvalue weighted by molar-refractivity contribution is -0.147. The Labute approximate surface area is 268 Å². The van der Waals surface area contributed by atoms with E-state index < -0.39 is 77.4 Å². The van der Waals surface area contributed by atoms with Crippen molar-refractivity contribution < 1.29 is 38.3 Å². The van der Waals surface area contributed by atoms with Crippen molar-refractivity contribution in [3.63, 3.8) is 0 Å². The lowest BCUT2D eigenvalue weighted by atomic mass is 10.00. The monoisotopic (exact) mass is 642 g/mol. The van der Waals surface area contributed by atoms with Gasteiger partial charge in [-0.1, -0.05) is 32.0 Å². The Hall–Kier alpha value is -4.33. The Balaban J connectivity index is 1.74. The number of rotatable bonds is 16. The lowest BCUT2D eigenvalue weighted by Gasteiger charge is -2.32. The third-order valence-corrected chi connectivity index (χ3v) is 7.96. The summed E-state index contributed by atoms with van der Waals surface area (Å²) in [5.41, 5.74) is 6.13. The van der Waals surface area contributed by atoms with E-state index in [1.807, 2.05) is 0 Å². The van der Waals surface area contributed by atoms with Crippen LogP contribution in [0.4, 0.5) is 0 Å². The first-order chi connectivity index (χ1) is 21.8. The highest BCUT2D eigenvalue weighted by Gasteiger charge is 2.40. The Kier molecular flexibility index (Phi) is 13.2. The van der Waals surface area contributed by atoms with Gasteiger partial charge in [0.25, 0.3) is 11.8 Å². The minimum atomic E-state index is -1.24. The number of carbonyl (C=O) groups excluding carboxylic acids is 7. The number of ketones is 1. The molecular weight excluding hydrogens is 596 g/mol. The smallest absolute Gasteiger partial charge is 0.328 e. The number of esters is 1. The third kappa shape index (κ3) is 10.4. The molecule has 1 aromatic rings. The first kappa shape index (κ1) is 36.1. The molecule has 14 heteroatoms. The minimum absolute atomic E-state index is 0.0155. The van der Waals surface area contributed by atoms with Crippen molar-refractivity contribution in [3.05, 3.63) is 35.9 Å². The van der Waals surface area contributed by atoms with E-state index in [9.17, 15) is 33.6 Å². The first-order valence-electron chi connectivity index (χ1n) is 15.8. The molecule has 5 amide bonds. The minimum Gasteiger partial charge on any atom is -0.467 e. The molecule has 2 aliphatic rings. The van der Waals surface area contributed by atoms with E-state index in [1.54, 1.807) is 51.1 Å². The molecule has 1 aromatic carbocycles. The van der Waals surface area contributed by atoms with E-state index in [4.69, 9.17) is 10.5 Å². The van der Waals surface area contributed by atoms with Crippen LogP contribution in [0.2, 0.25) is 0 Å². The molecule has 0 spiro atoms. The fourth-order valence-corrected chi connectivity index (χ4v) is 5.23. The van der Waals surface area contributed by atoms with Gasteiger partial charge in [-0.15, -0.1) is 0 Å². The van der Waals surface area contributed by atoms with E-state index in [0.29, 0.717) is 12.8 Å². The van der Waals surface area contributed by atoms with Gasteiger partial charge in [0.05, 0.1) is 7.11 Å². The fourth-order valence-electron chi connectivity index (χ4n) is 5.23. The molecule has 1 aliphatic heterocycles. The standard InChI is InChI=1S/C32H46N6O8/c1-18(2)26(31(44)38-16-8-11-24(38)29(42)36-23(17-19(3)33)32(45)46-4)37-28(41)22(35-27(40)20-9-6-5-7-10-20)14-15-25(39)30(43)34-21-12-13-21/h5-7,9-10,18-19,21-24,26H,8,11-17,33H2,1-4H3,(H,34,43)(H,35,40)(H,36,42)(H,37,41)/t19?,22-,23-,24-,26-/m0/s1. The zero-order valence-electron chi connectivity index (χ0n) is 26.9. The van der Waals surface area contributed by atoms with Crippen molar-refractivity contribution in [1.82, 2.24) is 26.2 Å². The summed E-state index contributed by atoms with van der Waals surface area (Å²) in [4.78, 5) is 92.1. The van der Waals surface area contributed by atoms with Crippen LogP contribution in [0.1, 0.15) is 76.1 Å². The molecule has 0 bridgehead atoms. The number of methoxy groups -OCH3 is 1. The highest BCUT2D eigenvalue weighted by Crippen LogP contribution is 2.22. The molecule has 46 heavy (non-hydrogen) atoms. The molecule has 6 N–H and O–H groups in total. The van der Waals surface area contributed by atoms with Gasteiger partial charge in [-0.25, -0.2) is 4.79 Å². The van der Waals surface area contributed by atoms with Gasteiger partial charge >= 0.3 is 5.97 Å². The normalized spacial score (nSPS) is 18.5. The maximum atomic E-state index is 13.8. The summed E-state index contributed by atoms with van der Waals surface area (Å²) in [5.74, 6) is -4.84. The molecule has 1 saturated carbocycles. The number of hydrogen-bond donors (Lipinski definition) is 5. The highest BCUT2D eigenvalue weighted by molar-refractivity contribution is 6.36. The third-order valence-electron chi connectivity index (χ3n) is 7.96. The second-order valence-electron chi connectivity index (χ2n) is 12.3. The van der Waals surface area contributed by atoms with Gasteiger partial charge < -0.3 is 36.6 Å². The van der Waals surface area contributed by atoms with Crippen LogP contribution in [-0.4, -0.2) is 96.1 Å². The number of ether oxygens (including phenoxy) is 1. The molecule has 5 atom stereocenters. The Morgan fingerprint density at radius 3 is 2.20 bits per heavy atom. The summed E-state index contributed by atoms with van der Waals surface area (Å²) in [6.07, 6.45) is 2.15. The van der Waals surface area contributed by atoms with Crippen LogP contribution in [0.25, 0.3) is 0 Å². The number of likely N-dealkylation sites (tertiary alicyclic amines) is 1. The topological polar surface area (TPSA) is 206 Å². The number of hydrogen-bond acceptors (Lipinski definition) is 9. The summed E-state index contributed by atoms with van der Waals surface area (Å²) < 4.78 is 4.80. The molecule has 1 saturated heterocycles. The number of nitrogens with zero attached hydrogens (tertiary/aromatic N) is 1. The van der Waals surface area contributed by atoms with E-state index in [-0.39, 0.29) is 37.4 Å². The lowest BCUT2D eigenvalue weighted by Crippen LogP contribution is -2.59. The fraction of sp³-hybridized carbons (Fsp3) is 0.594. The van der Waals surface area contributed by atoms with Gasteiger partial charge in [0.1, 0.15) is 24.2 Å². The predicted molar refractivity (Wildman–Crippen MR) is 167 cm³/mol. The van der Waals surface area contributed by atoms with Crippen molar-refractivity contribution in [3.8, 4) is 0 Å². The maximum Gasteiger partial charge on any atom is 0.328 e. The summed E-state index contributed by atoms with van der Waals surface area (Å²) in [6, 6.07) is 3.58. The van der Waals surface area contributed by atoms with Crippen LogP contribution in [0.3, 0.4) is 0 Å². The number of nitrogens with two attached hydrogens (primary N) is 1. The molecule has 0 radical (unpaired) electrons. The summed E-state index contributed by atoms with van der Waals surface area (Å²) in [7, 11) is 1.21. The Morgan fingerprint density at radius 2 is 1.61 bits per heavy atom. The van der Waals surface area contributed by atoms with Crippen LogP contribution >= 0.6 is 0 Å². The molecule has 3 rings (SSSR count). The SMILES string of the molecule is COC(=O)[C@H](CC(C)N)NC(=O)[C@@H]1CCCN1C(=O)[C@@H](NC(=O)[C@H](CCC(=O)C(=O)NC1CC1)NC(=O)c1ccccc1)C(C)C. The number of benzene rings is 1. The number of Topliss-reactive ketones (excluding diaryl/α,β-unsaturated/α-hetero) is 1. The molecule has 1 aliphatic carbocycles. The average Bonchev–Trinajstić information content (AvgIpc) is 3.70. The Bertz CT molecular complexity index is 1280. The number of carbonyl (C=O) groups is 7. The molecular formula is C32H46N6O8. The van der Waals surface area contributed by atoms with Gasteiger partial charge in [-0.3, -0.25) is 28.8 Å². The molecule has 2 fully saturated rings. The van der Waals surface area contributed by atoms with E-state index in [1.165, 1.54) is 12.0 Å². The molecule has 1 heterocycles. The zero-order valence-corrected chi connectivity index (χ0v) is 26.9. The summed E-state index contributed by atoms with van der Waals surface area (Å²) in [5, 5.41) is 10.6. The molecule has 1 unspecified atom stereocenters. The van der Waals surface area contributed by atoms with Crippen molar-refractivity contribution in [2.24, 2.45) is 11.7 Å².